The number of unbranched alkanes of at least 4 members (excludes halogenated alkanes) is 1. The molecule has 0 amide bonds. The minimum atomic E-state index is 0.0828. The Morgan fingerprint density at radius 2 is 2.29 bits per heavy atom. The van der Waals surface area contributed by atoms with E-state index in [1.807, 2.05) is 0 Å². The second-order valence-electron chi connectivity index (χ2n) is 4.65. The molecule has 0 aliphatic carbocycles. The van der Waals surface area contributed by atoms with Gasteiger partial charge in [0.1, 0.15) is 0 Å². The van der Waals surface area contributed by atoms with Crippen molar-refractivity contribution in [1.82, 2.24) is 0 Å². The molecule has 0 saturated carbocycles. The molecule has 1 fully saturated rings. The minimum absolute atomic E-state index is 0.0828. The first-order valence-corrected chi connectivity index (χ1v) is 8.30. The summed E-state index contributed by atoms with van der Waals surface area (Å²) in [6, 6.07) is 0. The topological polar surface area (TPSA) is 18.5 Å². The molecule has 17 heavy (non-hydrogen) atoms. The molecule has 1 aliphatic rings. The predicted octanol–water partition coefficient (Wildman–Crippen LogP) is 4.47. The van der Waals surface area contributed by atoms with Gasteiger partial charge in [-0.1, -0.05) is 34.2 Å². The Morgan fingerprint density at radius 3 is 3.00 bits per heavy atom. The van der Waals surface area contributed by atoms with Crippen LogP contribution in [0.5, 0.6) is 0 Å². The first-order valence-electron chi connectivity index (χ1n) is 6.77. The maximum absolute atomic E-state index is 5.70. The zero-order valence-electron chi connectivity index (χ0n) is 10.9. The van der Waals surface area contributed by atoms with Crippen LogP contribution in [-0.4, -0.2) is 23.9 Å². The zero-order chi connectivity index (χ0) is 12.3. The molecule has 1 rings (SSSR count). The van der Waals surface area contributed by atoms with Gasteiger partial charge in [0.05, 0.1) is 0 Å². The van der Waals surface area contributed by atoms with Crippen LogP contribution in [0.15, 0.2) is 11.6 Å². The molecule has 2 nitrogen and oxygen atoms in total. The summed E-state index contributed by atoms with van der Waals surface area (Å²) in [6.45, 7) is 3.96. The van der Waals surface area contributed by atoms with Crippen LogP contribution in [0.4, 0.5) is 0 Å². The largest absolute Gasteiger partial charge is 0.353 e. The van der Waals surface area contributed by atoms with Gasteiger partial charge in [-0.05, 0) is 51.9 Å². The predicted molar refractivity (Wildman–Crippen MR) is 80.7 cm³/mol. The Labute approximate surface area is 119 Å². The highest BCUT2D eigenvalue weighted by molar-refractivity contribution is 14.1. The fourth-order valence-electron chi connectivity index (χ4n) is 1.97. The number of hydrogen-bond donors (Lipinski definition) is 0. The Hall–Kier alpha value is 0.390. The summed E-state index contributed by atoms with van der Waals surface area (Å²) in [6.07, 6.45) is 10.8. The standard InChI is InChI=1S/C14H25IO2/c1-13(8-6-10-15)7-2-4-11-16-14-9-3-5-12-17-14/h8,14H,2-7,9-12H2,1H3/b13-8+. The molecule has 100 valence electrons. The van der Waals surface area contributed by atoms with Crippen molar-refractivity contribution in [3.05, 3.63) is 11.6 Å². The molecule has 3 heteroatoms. The number of hydrogen-bond acceptors (Lipinski definition) is 2. The van der Waals surface area contributed by atoms with Crippen molar-refractivity contribution in [2.45, 2.75) is 58.2 Å². The van der Waals surface area contributed by atoms with E-state index < -0.39 is 0 Å². The average Bonchev–Trinajstić information content (AvgIpc) is 2.37. The van der Waals surface area contributed by atoms with Crippen molar-refractivity contribution < 1.29 is 9.47 Å². The van der Waals surface area contributed by atoms with Crippen molar-refractivity contribution in [1.29, 1.82) is 0 Å². The lowest BCUT2D eigenvalue weighted by molar-refractivity contribution is -0.162. The van der Waals surface area contributed by atoms with Crippen LogP contribution in [-0.2, 0) is 9.47 Å². The van der Waals surface area contributed by atoms with Crippen LogP contribution in [0, 0.1) is 0 Å². The molecule has 1 heterocycles. The molecule has 1 atom stereocenters. The van der Waals surface area contributed by atoms with Gasteiger partial charge in [-0.2, -0.15) is 0 Å². The second-order valence-corrected chi connectivity index (χ2v) is 5.73. The molecule has 0 N–H and O–H groups in total. The lowest BCUT2D eigenvalue weighted by Gasteiger charge is -2.22. The van der Waals surface area contributed by atoms with Gasteiger partial charge in [0.15, 0.2) is 6.29 Å². The van der Waals surface area contributed by atoms with Crippen LogP contribution < -0.4 is 0 Å². The third kappa shape index (κ3) is 8.16. The van der Waals surface area contributed by atoms with Crippen LogP contribution in [0.3, 0.4) is 0 Å². The molecule has 0 aromatic heterocycles. The highest BCUT2D eigenvalue weighted by Crippen LogP contribution is 2.14. The number of rotatable bonds is 8. The van der Waals surface area contributed by atoms with E-state index in [0.29, 0.717) is 0 Å². The Kier molecular flexibility index (Phi) is 9.38. The van der Waals surface area contributed by atoms with Gasteiger partial charge in [0.25, 0.3) is 0 Å². The van der Waals surface area contributed by atoms with Crippen LogP contribution >= 0.6 is 22.6 Å². The van der Waals surface area contributed by atoms with E-state index in [4.69, 9.17) is 9.47 Å². The van der Waals surface area contributed by atoms with Gasteiger partial charge in [-0.25, -0.2) is 0 Å². The maximum Gasteiger partial charge on any atom is 0.157 e. The van der Waals surface area contributed by atoms with Gasteiger partial charge in [-0.3, -0.25) is 0 Å². The van der Waals surface area contributed by atoms with E-state index in [1.54, 1.807) is 0 Å². The smallest absolute Gasteiger partial charge is 0.157 e. The number of allylic oxidation sites excluding steroid dienone is 2. The van der Waals surface area contributed by atoms with Gasteiger partial charge in [-0.15, -0.1) is 0 Å². The van der Waals surface area contributed by atoms with Gasteiger partial charge < -0.3 is 9.47 Å². The van der Waals surface area contributed by atoms with Crippen molar-refractivity contribution in [2.24, 2.45) is 0 Å². The number of halogens is 1. The fraction of sp³-hybridized carbons (Fsp3) is 0.857. The van der Waals surface area contributed by atoms with E-state index in [1.165, 1.54) is 42.1 Å². The molecule has 0 radical (unpaired) electrons. The Bertz CT molecular complexity index is 210. The van der Waals surface area contributed by atoms with Crippen LogP contribution in [0.2, 0.25) is 0 Å². The van der Waals surface area contributed by atoms with Crippen molar-refractivity contribution in [2.75, 3.05) is 17.6 Å². The van der Waals surface area contributed by atoms with E-state index in [2.05, 4.69) is 35.6 Å². The van der Waals surface area contributed by atoms with Crippen molar-refractivity contribution in [3.8, 4) is 0 Å². The number of alkyl halides is 1. The maximum atomic E-state index is 5.70. The normalized spacial score (nSPS) is 21.8. The van der Waals surface area contributed by atoms with E-state index in [9.17, 15) is 0 Å². The van der Waals surface area contributed by atoms with E-state index >= 15 is 0 Å². The van der Waals surface area contributed by atoms with Gasteiger partial charge >= 0.3 is 0 Å². The summed E-state index contributed by atoms with van der Waals surface area (Å²) >= 11 is 2.42. The molecule has 0 bridgehead atoms. The Morgan fingerprint density at radius 1 is 1.41 bits per heavy atom. The second kappa shape index (κ2) is 10.3. The lowest BCUT2D eigenvalue weighted by Crippen LogP contribution is -2.22. The monoisotopic (exact) mass is 352 g/mol. The van der Waals surface area contributed by atoms with E-state index in [-0.39, 0.29) is 6.29 Å². The molecule has 0 aromatic carbocycles. The fourth-order valence-corrected chi connectivity index (χ4v) is 2.28. The summed E-state index contributed by atoms with van der Waals surface area (Å²) in [5.41, 5.74) is 1.52. The summed E-state index contributed by atoms with van der Waals surface area (Å²) in [5.74, 6) is 0. The molecular weight excluding hydrogens is 327 g/mol. The van der Waals surface area contributed by atoms with Gasteiger partial charge in [0, 0.05) is 17.6 Å². The first-order chi connectivity index (χ1) is 8.33. The highest BCUT2D eigenvalue weighted by Gasteiger charge is 2.13. The minimum Gasteiger partial charge on any atom is -0.353 e. The lowest BCUT2D eigenvalue weighted by atomic mass is 10.1. The third-order valence-corrected chi connectivity index (χ3v) is 3.63. The zero-order valence-corrected chi connectivity index (χ0v) is 13.1. The molecule has 1 aliphatic heterocycles. The quantitative estimate of drug-likeness (QED) is 0.278. The van der Waals surface area contributed by atoms with E-state index in [0.717, 1.165) is 26.1 Å². The third-order valence-electron chi connectivity index (χ3n) is 3.01. The van der Waals surface area contributed by atoms with Gasteiger partial charge in [0.2, 0.25) is 0 Å². The molecule has 0 spiro atoms. The molecule has 1 saturated heterocycles. The molecular formula is C14H25IO2. The molecule has 0 aromatic rings. The first kappa shape index (κ1) is 15.4. The number of ether oxygens (including phenoxy) is 2. The summed E-state index contributed by atoms with van der Waals surface area (Å²) in [7, 11) is 0. The molecule has 1 unspecified atom stereocenters. The summed E-state index contributed by atoms with van der Waals surface area (Å²) in [5, 5.41) is 0. The van der Waals surface area contributed by atoms with Crippen molar-refractivity contribution in [3.63, 3.8) is 0 Å². The average molecular weight is 352 g/mol. The summed E-state index contributed by atoms with van der Waals surface area (Å²) < 4.78 is 12.4. The van der Waals surface area contributed by atoms with Crippen molar-refractivity contribution >= 4 is 22.6 Å². The van der Waals surface area contributed by atoms with Crippen LogP contribution in [0.25, 0.3) is 0 Å². The van der Waals surface area contributed by atoms with Crippen LogP contribution in [0.1, 0.15) is 51.9 Å². The SMILES string of the molecule is C/C(=C\CCI)CCCCOC1CCCCO1. The highest BCUT2D eigenvalue weighted by atomic mass is 127. The Balaban J connectivity index is 1.93. The summed E-state index contributed by atoms with van der Waals surface area (Å²) in [4.78, 5) is 0.